The van der Waals surface area contributed by atoms with Crippen LogP contribution in [0.2, 0.25) is 0 Å². The van der Waals surface area contributed by atoms with Crippen molar-refractivity contribution in [3.63, 3.8) is 0 Å². The number of aliphatic imine (C=N–C) groups is 1. The number of carbonyl (C=O) groups excluding carboxylic acids is 1. The van der Waals surface area contributed by atoms with E-state index in [0.29, 0.717) is 23.1 Å². The van der Waals surface area contributed by atoms with Crippen molar-refractivity contribution in [1.82, 2.24) is 5.01 Å². The van der Waals surface area contributed by atoms with Gasteiger partial charge < -0.3 is 4.42 Å². The molecule has 0 bridgehead atoms. The fourth-order valence-corrected chi connectivity index (χ4v) is 4.31. The summed E-state index contributed by atoms with van der Waals surface area (Å²) >= 11 is 0.693. The molecule has 2 aliphatic rings. The van der Waals surface area contributed by atoms with Crippen molar-refractivity contribution >= 4 is 54.6 Å². The van der Waals surface area contributed by atoms with Crippen LogP contribution in [0.4, 0.5) is 5.69 Å². The molecule has 1 N–H and O–H groups in total. The largest absolute Gasteiger partial charge is 0.457 e. The maximum absolute atomic E-state index is 12.4. The fourth-order valence-electron chi connectivity index (χ4n) is 2.62. The van der Waals surface area contributed by atoms with Crippen LogP contribution < -0.4 is 0 Å². The average Bonchev–Trinajstić information content (AvgIpc) is 3.32. The Morgan fingerprint density at radius 3 is 2.77 bits per heavy atom. The lowest BCUT2D eigenvalue weighted by Gasteiger charge is -2.19. The number of non-ortho nitro benzene ring substituents is 1. The number of amidine groups is 2. The molecule has 0 spiro atoms. The molecule has 1 amide bonds. The van der Waals surface area contributed by atoms with Crippen LogP contribution in [0.25, 0.3) is 17.4 Å². The molecule has 0 aliphatic carbocycles. The van der Waals surface area contributed by atoms with E-state index in [1.54, 1.807) is 12.1 Å². The van der Waals surface area contributed by atoms with E-state index in [2.05, 4.69) is 10.1 Å². The Balaban J connectivity index is 1.66. The first kappa shape index (κ1) is 19.7. The van der Waals surface area contributed by atoms with Gasteiger partial charge in [0.1, 0.15) is 11.5 Å². The maximum atomic E-state index is 12.4. The van der Waals surface area contributed by atoms with Gasteiger partial charge in [-0.25, -0.2) is 8.42 Å². The highest BCUT2D eigenvalue weighted by molar-refractivity contribution is 8.42. The molecular weight excluding hydrogens is 434 g/mol. The minimum atomic E-state index is -3.62. The van der Waals surface area contributed by atoms with Crippen LogP contribution in [-0.2, 0) is 14.6 Å². The Kier molecular flexibility index (Phi) is 4.63. The van der Waals surface area contributed by atoms with Gasteiger partial charge in [0.25, 0.3) is 11.6 Å². The second kappa shape index (κ2) is 7.03. The zero-order valence-electron chi connectivity index (χ0n) is 15.1. The van der Waals surface area contributed by atoms with Gasteiger partial charge in [0.2, 0.25) is 19.4 Å². The van der Waals surface area contributed by atoms with E-state index in [9.17, 15) is 23.3 Å². The summed E-state index contributed by atoms with van der Waals surface area (Å²) in [5.41, 5.74) is 0.233. The van der Waals surface area contributed by atoms with Gasteiger partial charge in [-0.1, -0.05) is 12.1 Å². The molecule has 0 radical (unpaired) electrons. The van der Waals surface area contributed by atoms with E-state index in [1.807, 2.05) is 0 Å². The molecule has 0 saturated heterocycles. The first-order valence-electron chi connectivity index (χ1n) is 8.18. The molecule has 152 valence electrons. The molecule has 2 aromatic rings. The average molecular weight is 445 g/mol. The first-order valence-corrected chi connectivity index (χ1v) is 10.9. The van der Waals surface area contributed by atoms with Crippen molar-refractivity contribution in [2.45, 2.75) is 0 Å². The van der Waals surface area contributed by atoms with Crippen LogP contribution in [0.1, 0.15) is 5.76 Å². The number of nitrogens with zero attached hydrogens (tertiary/aromatic N) is 4. The van der Waals surface area contributed by atoms with E-state index in [1.165, 1.54) is 30.3 Å². The molecule has 1 aromatic carbocycles. The molecule has 0 unspecified atom stereocenters. The van der Waals surface area contributed by atoms with Crippen LogP contribution in [-0.4, -0.2) is 45.9 Å². The van der Waals surface area contributed by atoms with Gasteiger partial charge in [-0.2, -0.15) is 10.0 Å². The van der Waals surface area contributed by atoms with Gasteiger partial charge in [-0.05, 0) is 30.0 Å². The summed E-state index contributed by atoms with van der Waals surface area (Å²) in [4.78, 5) is 26.6. The maximum Gasteiger partial charge on any atom is 0.283 e. The van der Waals surface area contributed by atoms with E-state index in [-0.39, 0.29) is 32.4 Å². The molecular formula is C17H11N5O6S2. The third-order valence-corrected chi connectivity index (χ3v) is 6.59. The third-order valence-electron chi connectivity index (χ3n) is 4.01. The number of fused-ring (bicyclic) bond motifs is 1. The molecule has 11 nitrogen and oxygen atoms in total. The number of nitro groups is 1. The summed E-state index contributed by atoms with van der Waals surface area (Å²) in [6.45, 7) is 0. The Bertz CT molecular complexity index is 1320. The van der Waals surface area contributed by atoms with Crippen molar-refractivity contribution in [1.29, 1.82) is 5.41 Å². The van der Waals surface area contributed by atoms with Gasteiger partial charge in [-0.15, -0.1) is 5.10 Å². The number of carbonyl (C=O) groups is 1. The predicted molar refractivity (Wildman–Crippen MR) is 111 cm³/mol. The van der Waals surface area contributed by atoms with Crippen molar-refractivity contribution in [3.05, 3.63) is 57.8 Å². The SMILES string of the molecule is CS(=O)(=O)C1=NN2C(=N)/C(=C\c3ccc(-c4cccc([N+](=O)[O-])c4)o3)C(=O)N=C2S1. The summed E-state index contributed by atoms with van der Waals surface area (Å²) in [5.74, 6) is -0.539. The lowest BCUT2D eigenvalue weighted by atomic mass is 10.1. The van der Waals surface area contributed by atoms with E-state index < -0.39 is 20.7 Å². The van der Waals surface area contributed by atoms with Gasteiger partial charge in [0.05, 0.1) is 10.5 Å². The molecule has 1 aromatic heterocycles. The van der Waals surface area contributed by atoms with Crippen molar-refractivity contribution in [2.75, 3.05) is 6.26 Å². The Morgan fingerprint density at radius 2 is 2.07 bits per heavy atom. The number of sulfone groups is 1. The van der Waals surface area contributed by atoms with Gasteiger partial charge in [0, 0.05) is 24.0 Å². The highest BCUT2D eigenvalue weighted by Crippen LogP contribution is 2.31. The number of hydrazone groups is 1. The molecule has 13 heteroatoms. The summed E-state index contributed by atoms with van der Waals surface area (Å²) < 4.78 is 28.7. The van der Waals surface area contributed by atoms with Crippen LogP contribution >= 0.6 is 11.8 Å². The number of amides is 1. The van der Waals surface area contributed by atoms with Crippen molar-refractivity contribution in [3.8, 4) is 11.3 Å². The monoisotopic (exact) mass is 445 g/mol. The summed E-state index contributed by atoms with van der Waals surface area (Å²) in [7, 11) is -3.62. The van der Waals surface area contributed by atoms with Crippen molar-refractivity contribution < 1.29 is 22.6 Å². The lowest BCUT2D eigenvalue weighted by molar-refractivity contribution is -0.384. The zero-order valence-corrected chi connectivity index (χ0v) is 16.7. The number of thioether (sulfide) groups is 1. The van der Waals surface area contributed by atoms with Crippen LogP contribution in [0, 0.1) is 15.5 Å². The molecule has 30 heavy (non-hydrogen) atoms. The summed E-state index contributed by atoms with van der Waals surface area (Å²) in [6.07, 6.45) is 2.25. The first-order chi connectivity index (χ1) is 14.1. The second-order valence-corrected chi connectivity index (χ2v) is 9.31. The predicted octanol–water partition coefficient (Wildman–Crippen LogP) is 2.48. The number of rotatable bonds is 3. The van der Waals surface area contributed by atoms with E-state index >= 15 is 0 Å². The molecule has 4 rings (SSSR count). The molecule has 0 fully saturated rings. The molecule has 2 aliphatic heterocycles. The van der Waals surface area contributed by atoms with Crippen molar-refractivity contribution in [2.24, 2.45) is 10.1 Å². The number of furan rings is 1. The Labute approximate surface area is 173 Å². The zero-order chi connectivity index (χ0) is 21.6. The van der Waals surface area contributed by atoms with Gasteiger partial charge in [-0.3, -0.25) is 20.3 Å². The Hall–Kier alpha value is -3.58. The number of hydrogen-bond donors (Lipinski definition) is 1. The molecule has 3 heterocycles. The number of hydrogen-bond acceptors (Lipinski definition) is 9. The summed E-state index contributed by atoms with van der Waals surface area (Å²) in [5, 5.41) is 24.0. The normalized spacial score (nSPS) is 17.8. The number of nitro benzene ring substituents is 1. The quantitative estimate of drug-likeness (QED) is 0.428. The van der Waals surface area contributed by atoms with Gasteiger partial charge in [0.15, 0.2) is 5.84 Å². The van der Waals surface area contributed by atoms with Crippen LogP contribution in [0.15, 0.2) is 56.5 Å². The number of benzene rings is 1. The van der Waals surface area contributed by atoms with E-state index in [4.69, 9.17) is 9.83 Å². The van der Waals surface area contributed by atoms with Crippen LogP contribution in [0.5, 0.6) is 0 Å². The topological polar surface area (TPSA) is 159 Å². The third kappa shape index (κ3) is 3.55. The standard InChI is InChI=1S/C17H11N5O6S2/c1-30(26,27)17-20-21-14(18)12(15(23)19-16(21)29-17)8-11-5-6-13(28-11)9-3-2-4-10(7-9)22(24)25/h2-8,18H,1H3/b12-8+,18-14?. The highest BCUT2D eigenvalue weighted by atomic mass is 32.3. The minimum Gasteiger partial charge on any atom is -0.457 e. The summed E-state index contributed by atoms with van der Waals surface area (Å²) in [6, 6.07) is 8.96. The smallest absolute Gasteiger partial charge is 0.283 e. The molecule has 0 saturated carbocycles. The lowest BCUT2D eigenvalue weighted by Crippen LogP contribution is -2.35. The Morgan fingerprint density at radius 1 is 1.30 bits per heavy atom. The van der Waals surface area contributed by atoms with Crippen LogP contribution in [0.3, 0.4) is 0 Å². The van der Waals surface area contributed by atoms with E-state index in [0.717, 1.165) is 11.3 Å². The fraction of sp³-hybridized carbons (Fsp3) is 0.0588. The minimum absolute atomic E-state index is 0.0145. The highest BCUT2D eigenvalue weighted by Gasteiger charge is 2.38. The molecule has 0 atom stereocenters. The second-order valence-electron chi connectivity index (χ2n) is 6.17. The van der Waals surface area contributed by atoms with Gasteiger partial charge >= 0.3 is 0 Å². The number of nitrogens with one attached hydrogen (secondary N) is 1.